The van der Waals surface area contributed by atoms with Gasteiger partial charge in [0.05, 0.1) is 29.7 Å². The monoisotopic (exact) mass is 490 g/mol. The Morgan fingerprint density at radius 1 is 1.03 bits per heavy atom. The molecule has 188 valence electrons. The van der Waals surface area contributed by atoms with E-state index in [-0.39, 0.29) is 35.3 Å². The van der Waals surface area contributed by atoms with Crippen LogP contribution in [0.15, 0.2) is 47.4 Å². The predicted molar refractivity (Wildman–Crippen MR) is 136 cm³/mol. The van der Waals surface area contributed by atoms with Gasteiger partial charge >= 0.3 is 0 Å². The van der Waals surface area contributed by atoms with E-state index < -0.39 is 10.0 Å². The number of nitrogens with one attached hydrogen (secondary N) is 1. The SMILES string of the molecule is CCN(CC)S(=O)(=O)c1ccc(OC(C)C)c(NC(=O)CCOc2ccc(C(C)(C)C)cc2)c1. The van der Waals surface area contributed by atoms with Crippen molar-refractivity contribution in [2.45, 2.75) is 71.3 Å². The number of carbonyl (C=O) groups is 1. The van der Waals surface area contributed by atoms with Crippen molar-refractivity contribution in [3.05, 3.63) is 48.0 Å². The third-order valence-corrected chi connectivity index (χ3v) is 7.30. The van der Waals surface area contributed by atoms with Crippen molar-refractivity contribution in [3.8, 4) is 11.5 Å². The van der Waals surface area contributed by atoms with Gasteiger partial charge in [-0.2, -0.15) is 4.31 Å². The maximum atomic E-state index is 12.9. The van der Waals surface area contributed by atoms with Crippen molar-refractivity contribution < 1.29 is 22.7 Å². The van der Waals surface area contributed by atoms with Crippen LogP contribution in [0.4, 0.5) is 5.69 Å². The highest BCUT2D eigenvalue weighted by molar-refractivity contribution is 7.89. The minimum absolute atomic E-state index is 0.0570. The molecule has 1 N–H and O–H groups in total. The fourth-order valence-corrected chi connectivity index (χ4v) is 4.85. The number of amides is 1. The van der Waals surface area contributed by atoms with Crippen molar-refractivity contribution in [2.24, 2.45) is 0 Å². The van der Waals surface area contributed by atoms with Gasteiger partial charge in [-0.3, -0.25) is 4.79 Å². The van der Waals surface area contributed by atoms with Crippen molar-refractivity contribution in [3.63, 3.8) is 0 Å². The number of hydrogen-bond acceptors (Lipinski definition) is 5. The van der Waals surface area contributed by atoms with Gasteiger partial charge in [0.1, 0.15) is 11.5 Å². The lowest BCUT2D eigenvalue weighted by molar-refractivity contribution is -0.116. The summed E-state index contributed by atoms with van der Waals surface area (Å²) in [5, 5.41) is 2.79. The van der Waals surface area contributed by atoms with Crippen molar-refractivity contribution in [2.75, 3.05) is 25.0 Å². The Bertz CT molecular complexity index is 1050. The summed E-state index contributed by atoms with van der Waals surface area (Å²) in [5.74, 6) is 0.815. The summed E-state index contributed by atoms with van der Waals surface area (Å²) in [6.07, 6.45) is -0.0323. The molecule has 0 aliphatic rings. The summed E-state index contributed by atoms with van der Waals surface area (Å²) in [4.78, 5) is 12.7. The quantitative estimate of drug-likeness (QED) is 0.467. The smallest absolute Gasteiger partial charge is 0.243 e. The molecule has 0 bridgehead atoms. The molecule has 2 aromatic carbocycles. The van der Waals surface area contributed by atoms with Crippen LogP contribution in [0.1, 0.15) is 60.5 Å². The number of sulfonamides is 1. The molecule has 0 aliphatic carbocycles. The summed E-state index contributed by atoms with van der Waals surface area (Å²) in [5.41, 5.74) is 1.58. The van der Waals surface area contributed by atoms with Gasteiger partial charge in [-0.15, -0.1) is 0 Å². The molecule has 0 spiro atoms. The van der Waals surface area contributed by atoms with Crippen LogP contribution in [-0.2, 0) is 20.2 Å². The van der Waals surface area contributed by atoms with Crippen molar-refractivity contribution in [1.82, 2.24) is 4.31 Å². The highest BCUT2D eigenvalue weighted by Gasteiger charge is 2.23. The molecule has 0 heterocycles. The molecular formula is C26H38N2O5S. The average Bonchev–Trinajstić information content (AvgIpc) is 2.75. The van der Waals surface area contributed by atoms with Crippen LogP contribution in [0.3, 0.4) is 0 Å². The molecule has 0 aliphatic heterocycles. The zero-order valence-electron chi connectivity index (χ0n) is 21.3. The standard InChI is InChI=1S/C26H38N2O5S/c1-8-28(9-2)34(30,31)22-14-15-24(33-19(3)4)23(18-22)27-25(29)16-17-32-21-12-10-20(11-13-21)26(5,6)7/h10-15,18-19H,8-9,16-17H2,1-7H3,(H,27,29). The molecule has 0 unspecified atom stereocenters. The van der Waals surface area contributed by atoms with E-state index in [1.54, 1.807) is 19.9 Å². The zero-order chi connectivity index (χ0) is 25.5. The van der Waals surface area contributed by atoms with Gasteiger partial charge in [0.2, 0.25) is 15.9 Å². The van der Waals surface area contributed by atoms with E-state index in [1.165, 1.54) is 22.0 Å². The van der Waals surface area contributed by atoms with Gasteiger partial charge < -0.3 is 14.8 Å². The summed E-state index contributed by atoms with van der Waals surface area (Å²) < 4.78 is 38.7. The molecule has 8 heteroatoms. The summed E-state index contributed by atoms with van der Waals surface area (Å²) in [6.45, 7) is 14.7. The third kappa shape index (κ3) is 7.46. The molecule has 2 aromatic rings. The van der Waals surface area contributed by atoms with Crippen LogP contribution in [0.2, 0.25) is 0 Å². The minimum atomic E-state index is -3.67. The second-order valence-corrected chi connectivity index (χ2v) is 11.3. The van der Waals surface area contributed by atoms with E-state index in [1.807, 2.05) is 38.1 Å². The molecule has 0 saturated heterocycles. The summed E-state index contributed by atoms with van der Waals surface area (Å²) >= 11 is 0. The lowest BCUT2D eigenvalue weighted by Gasteiger charge is -2.21. The highest BCUT2D eigenvalue weighted by atomic mass is 32.2. The van der Waals surface area contributed by atoms with Gasteiger partial charge in [0.15, 0.2) is 0 Å². The Balaban J connectivity index is 2.11. The molecule has 0 aromatic heterocycles. The average molecular weight is 491 g/mol. The van der Waals surface area contributed by atoms with Crippen LogP contribution in [0.5, 0.6) is 11.5 Å². The second-order valence-electron chi connectivity index (χ2n) is 9.33. The Morgan fingerprint density at radius 2 is 1.65 bits per heavy atom. The highest BCUT2D eigenvalue weighted by Crippen LogP contribution is 2.30. The van der Waals surface area contributed by atoms with Crippen LogP contribution >= 0.6 is 0 Å². The summed E-state index contributed by atoms with van der Waals surface area (Å²) in [6, 6.07) is 12.4. The predicted octanol–water partition coefficient (Wildman–Crippen LogP) is 5.21. The molecule has 0 saturated carbocycles. The normalized spacial score (nSPS) is 12.1. The number of benzene rings is 2. The number of ether oxygens (including phenoxy) is 2. The number of hydrogen-bond donors (Lipinski definition) is 1. The van der Waals surface area contributed by atoms with Gasteiger partial charge in [0, 0.05) is 13.1 Å². The maximum Gasteiger partial charge on any atom is 0.243 e. The van der Waals surface area contributed by atoms with E-state index in [4.69, 9.17) is 9.47 Å². The molecular weight excluding hydrogens is 452 g/mol. The van der Waals surface area contributed by atoms with Crippen LogP contribution in [-0.4, -0.2) is 44.4 Å². The van der Waals surface area contributed by atoms with Crippen LogP contribution in [0.25, 0.3) is 0 Å². The second kappa shape index (κ2) is 11.7. The van der Waals surface area contributed by atoms with E-state index in [2.05, 4.69) is 26.1 Å². The first-order chi connectivity index (χ1) is 15.9. The largest absolute Gasteiger partial charge is 0.493 e. The van der Waals surface area contributed by atoms with Crippen LogP contribution < -0.4 is 14.8 Å². The molecule has 2 rings (SSSR count). The lowest BCUT2D eigenvalue weighted by atomic mass is 9.87. The fraction of sp³-hybridized carbons (Fsp3) is 0.500. The molecule has 0 fully saturated rings. The topological polar surface area (TPSA) is 84.9 Å². The Labute approximate surface area is 204 Å². The fourth-order valence-electron chi connectivity index (χ4n) is 3.36. The van der Waals surface area contributed by atoms with Crippen molar-refractivity contribution in [1.29, 1.82) is 0 Å². The number of nitrogens with zero attached hydrogens (tertiary/aromatic N) is 1. The summed E-state index contributed by atoms with van der Waals surface area (Å²) in [7, 11) is -3.67. The minimum Gasteiger partial charge on any atom is -0.493 e. The van der Waals surface area contributed by atoms with Gasteiger partial charge in [-0.25, -0.2) is 8.42 Å². The number of rotatable bonds is 11. The molecule has 7 nitrogen and oxygen atoms in total. The number of carbonyl (C=O) groups excluding carboxylic acids is 1. The van der Waals surface area contributed by atoms with E-state index in [9.17, 15) is 13.2 Å². The van der Waals surface area contributed by atoms with Crippen molar-refractivity contribution >= 4 is 21.6 Å². The van der Waals surface area contributed by atoms with Gasteiger partial charge in [-0.1, -0.05) is 46.8 Å². The Kier molecular flexibility index (Phi) is 9.53. The maximum absolute atomic E-state index is 12.9. The molecule has 0 atom stereocenters. The zero-order valence-corrected chi connectivity index (χ0v) is 22.2. The first-order valence-electron chi connectivity index (χ1n) is 11.7. The molecule has 0 radical (unpaired) electrons. The van der Waals surface area contributed by atoms with Gasteiger partial charge in [-0.05, 0) is 55.2 Å². The lowest BCUT2D eigenvalue weighted by Crippen LogP contribution is -2.30. The first kappa shape index (κ1) is 27.7. The Morgan fingerprint density at radius 3 is 2.18 bits per heavy atom. The molecule has 34 heavy (non-hydrogen) atoms. The van der Waals surface area contributed by atoms with E-state index in [0.29, 0.717) is 30.3 Å². The number of anilines is 1. The third-order valence-electron chi connectivity index (χ3n) is 5.25. The van der Waals surface area contributed by atoms with Gasteiger partial charge in [0.25, 0.3) is 0 Å². The van der Waals surface area contributed by atoms with Crippen LogP contribution in [0, 0.1) is 0 Å². The Hall–Kier alpha value is -2.58. The van der Waals surface area contributed by atoms with E-state index in [0.717, 1.165) is 0 Å². The van der Waals surface area contributed by atoms with E-state index >= 15 is 0 Å². The first-order valence-corrected chi connectivity index (χ1v) is 13.2. The molecule has 1 amide bonds.